The molecule has 6 unspecified atom stereocenters. The first kappa shape index (κ1) is 53.1. The van der Waals surface area contributed by atoms with Crippen molar-refractivity contribution < 1.29 is 56.2 Å². The number of esters is 1. The van der Waals surface area contributed by atoms with Crippen LogP contribution in [0.2, 0.25) is 0 Å². The molecule has 0 saturated carbocycles. The minimum absolute atomic E-state index is 0.0226. The molecule has 0 aromatic carbocycles. The maximum atomic E-state index is 12.8. The van der Waals surface area contributed by atoms with Crippen LogP contribution >= 0.6 is 0 Å². The Morgan fingerprint density at radius 2 is 1.21 bits per heavy atom. The quantitative estimate of drug-likeness (QED) is 0.0203. The Balaban J connectivity index is 2.47. The average Bonchev–Trinajstić information content (AvgIpc) is 3.18. The molecule has 6 atom stereocenters. The van der Waals surface area contributed by atoms with Crippen molar-refractivity contribution in [2.75, 3.05) is 26.4 Å². The first-order chi connectivity index (χ1) is 27.6. The van der Waals surface area contributed by atoms with Crippen LogP contribution in [0.1, 0.15) is 162 Å². The van der Waals surface area contributed by atoms with Gasteiger partial charge in [-0.25, -0.2) is 4.18 Å². The van der Waals surface area contributed by atoms with Crippen molar-refractivity contribution in [1.29, 1.82) is 0 Å². The van der Waals surface area contributed by atoms with E-state index in [4.69, 9.17) is 23.5 Å². The van der Waals surface area contributed by atoms with Crippen molar-refractivity contribution in [3.05, 3.63) is 48.6 Å². The Labute approximate surface area is 345 Å². The molecule has 0 bridgehead atoms. The fourth-order valence-corrected chi connectivity index (χ4v) is 6.89. The van der Waals surface area contributed by atoms with Crippen LogP contribution in [0.25, 0.3) is 0 Å². The Hall–Kier alpha value is -1.94. The van der Waals surface area contributed by atoms with Crippen molar-refractivity contribution in [2.24, 2.45) is 0 Å². The van der Waals surface area contributed by atoms with E-state index in [0.29, 0.717) is 13.0 Å². The first-order valence-corrected chi connectivity index (χ1v) is 23.3. The fraction of sp³-hybridized carbons (Fsp3) is 0.795. The van der Waals surface area contributed by atoms with E-state index < -0.39 is 59.8 Å². The highest BCUT2D eigenvalue weighted by molar-refractivity contribution is 7.80. The highest BCUT2D eigenvalue weighted by atomic mass is 32.3. The summed E-state index contributed by atoms with van der Waals surface area (Å²) in [7, 11) is -5.06. The van der Waals surface area contributed by atoms with Crippen LogP contribution in [0.15, 0.2) is 48.6 Å². The molecule has 4 N–H and O–H groups in total. The van der Waals surface area contributed by atoms with Crippen LogP contribution < -0.4 is 0 Å². The molecule has 0 aromatic heterocycles. The molecule has 1 heterocycles. The lowest BCUT2D eigenvalue weighted by Crippen LogP contribution is -2.60. The predicted octanol–water partition coefficient (Wildman–Crippen LogP) is 8.80. The Bertz CT molecular complexity index is 1190. The zero-order chi connectivity index (χ0) is 41.8. The molecule has 1 aliphatic rings. The van der Waals surface area contributed by atoms with Gasteiger partial charge < -0.3 is 34.3 Å². The minimum atomic E-state index is -5.06. The molecule has 57 heavy (non-hydrogen) atoms. The second-order valence-corrected chi connectivity index (χ2v) is 15.9. The normalized spacial score (nSPS) is 21.1. The summed E-state index contributed by atoms with van der Waals surface area (Å²) in [5.74, 6) is -0.415. The van der Waals surface area contributed by atoms with E-state index in [1.54, 1.807) is 0 Å². The van der Waals surface area contributed by atoms with E-state index in [2.05, 4.69) is 66.6 Å². The number of hydrogen-bond donors (Lipinski definition) is 4. The van der Waals surface area contributed by atoms with Gasteiger partial charge in [-0.15, -0.1) is 0 Å². The van der Waals surface area contributed by atoms with Crippen LogP contribution in [0.4, 0.5) is 0 Å². The molecule has 0 amide bonds. The summed E-state index contributed by atoms with van der Waals surface area (Å²) in [6.07, 6.45) is 32.9. The van der Waals surface area contributed by atoms with Gasteiger partial charge >= 0.3 is 16.4 Å². The van der Waals surface area contributed by atoms with Gasteiger partial charge in [0.2, 0.25) is 0 Å². The summed E-state index contributed by atoms with van der Waals surface area (Å²) < 4.78 is 59.0. The first-order valence-electron chi connectivity index (χ1n) is 21.9. The molecule has 13 heteroatoms. The van der Waals surface area contributed by atoms with E-state index in [1.165, 1.54) is 44.9 Å². The van der Waals surface area contributed by atoms with Crippen LogP contribution in [-0.4, -0.2) is 97.5 Å². The van der Waals surface area contributed by atoms with E-state index >= 15 is 0 Å². The third-order valence-corrected chi connectivity index (χ3v) is 10.2. The Morgan fingerprint density at radius 3 is 1.79 bits per heavy atom. The number of allylic oxidation sites excluding steroid dienone is 8. The topological polar surface area (TPSA) is 178 Å². The molecule has 1 aliphatic heterocycles. The van der Waals surface area contributed by atoms with Crippen LogP contribution in [0, 0.1) is 0 Å². The molecule has 0 radical (unpaired) electrons. The maximum Gasteiger partial charge on any atom is 0.397 e. The standard InChI is InChI=1S/C44H78O12S/c1-3-5-7-9-11-13-15-17-19-20-22-24-26-28-30-32-34-52-36-38(37-53-44-42(48)43(56-57(49,50)51)41(47)39(35-45)55-44)54-40(46)33-31-29-27-25-23-21-18-16-14-12-10-8-6-4-2/h5,7,11,13,16-19,38-39,41-45,47-48H,3-4,6,8-10,12,14-15,20-37H2,1-2H3,(H,49,50,51)/b7-5-,13-11-,18-16-,19-17-. The van der Waals surface area contributed by atoms with Gasteiger partial charge in [0.25, 0.3) is 0 Å². The molecule has 332 valence electrons. The monoisotopic (exact) mass is 831 g/mol. The lowest BCUT2D eigenvalue weighted by Gasteiger charge is -2.41. The molecular formula is C44H78O12S. The number of ether oxygens (including phenoxy) is 4. The highest BCUT2D eigenvalue weighted by Crippen LogP contribution is 2.26. The number of aliphatic hydroxyl groups excluding tert-OH is 3. The average molecular weight is 831 g/mol. The smallest absolute Gasteiger partial charge is 0.397 e. The van der Waals surface area contributed by atoms with Gasteiger partial charge in [-0.2, -0.15) is 8.42 Å². The zero-order valence-electron chi connectivity index (χ0n) is 35.1. The lowest BCUT2D eigenvalue weighted by atomic mass is 9.99. The van der Waals surface area contributed by atoms with E-state index in [0.717, 1.165) is 89.9 Å². The third kappa shape index (κ3) is 29.8. The van der Waals surface area contributed by atoms with E-state index in [1.807, 2.05) is 0 Å². The molecule has 1 fully saturated rings. The highest BCUT2D eigenvalue weighted by Gasteiger charge is 2.48. The summed E-state index contributed by atoms with van der Waals surface area (Å²) in [6.45, 7) is 3.81. The number of hydrogen-bond acceptors (Lipinski definition) is 11. The van der Waals surface area contributed by atoms with Crippen molar-refractivity contribution in [1.82, 2.24) is 0 Å². The third-order valence-electron chi connectivity index (χ3n) is 9.68. The second-order valence-electron chi connectivity index (χ2n) is 14.9. The number of aliphatic hydroxyl groups is 3. The van der Waals surface area contributed by atoms with Gasteiger partial charge in [-0.05, 0) is 70.6 Å². The molecule has 0 aliphatic carbocycles. The van der Waals surface area contributed by atoms with Gasteiger partial charge in [0.15, 0.2) is 6.29 Å². The maximum absolute atomic E-state index is 12.8. The van der Waals surface area contributed by atoms with E-state index in [-0.39, 0.29) is 19.6 Å². The van der Waals surface area contributed by atoms with Crippen molar-refractivity contribution in [3.8, 4) is 0 Å². The molecule has 0 spiro atoms. The van der Waals surface area contributed by atoms with Gasteiger partial charge in [0.1, 0.15) is 30.5 Å². The Morgan fingerprint density at radius 1 is 0.684 bits per heavy atom. The predicted molar refractivity (Wildman–Crippen MR) is 225 cm³/mol. The summed E-state index contributed by atoms with van der Waals surface area (Å²) in [6, 6.07) is 0. The number of carbonyl (C=O) groups is 1. The van der Waals surface area contributed by atoms with Gasteiger partial charge in [0.05, 0.1) is 19.8 Å². The molecule has 1 saturated heterocycles. The zero-order valence-corrected chi connectivity index (χ0v) is 36.0. The second kappa shape index (κ2) is 36.0. The van der Waals surface area contributed by atoms with Crippen LogP contribution in [0.5, 0.6) is 0 Å². The van der Waals surface area contributed by atoms with Crippen molar-refractivity contribution in [2.45, 2.75) is 198 Å². The van der Waals surface area contributed by atoms with Gasteiger partial charge in [0, 0.05) is 13.0 Å². The number of rotatable bonds is 37. The molecule has 1 rings (SSSR count). The summed E-state index contributed by atoms with van der Waals surface area (Å²) >= 11 is 0. The summed E-state index contributed by atoms with van der Waals surface area (Å²) in [5.41, 5.74) is 0. The number of unbranched alkanes of at least 4 members (excludes halogenated alkanes) is 16. The minimum Gasteiger partial charge on any atom is -0.457 e. The molecule has 12 nitrogen and oxygen atoms in total. The van der Waals surface area contributed by atoms with Gasteiger partial charge in [-0.1, -0.05) is 133 Å². The molecular weight excluding hydrogens is 753 g/mol. The van der Waals surface area contributed by atoms with Crippen molar-refractivity contribution >= 4 is 16.4 Å². The van der Waals surface area contributed by atoms with Crippen LogP contribution in [-0.2, 0) is 38.3 Å². The molecule has 0 aromatic rings. The summed E-state index contributed by atoms with van der Waals surface area (Å²) in [4.78, 5) is 12.8. The fourth-order valence-electron chi connectivity index (χ4n) is 6.39. The largest absolute Gasteiger partial charge is 0.457 e. The lowest BCUT2D eigenvalue weighted by molar-refractivity contribution is -0.301. The Kier molecular flexibility index (Phi) is 33.5. The van der Waals surface area contributed by atoms with Crippen molar-refractivity contribution in [3.63, 3.8) is 0 Å². The van der Waals surface area contributed by atoms with Gasteiger partial charge in [-0.3, -0.25) is 9.35 Å². The summed E-state index contributed by atoms with van der Waals surface area (Å²) in [5, 5.41) is 30.6. The van der Waals surface area contributed by atoms with Crippen LogP contribution in [0.3, 0.4) is 0 Å². The SMILES string of the molecule is CC/C=C\C/C=C\C/C=C\CCCCCCCCOCC(COC1OC(CO)C(O)C(OS(=O)(=O)O)C1O)OC(=O)CCCCCCC/C=C\CCCCCCC. The van der Waals surface area contributed by atoms with E-state index in [9.17, 15) is 28.5 Å². The number of carbonyl (C=O) groups excluding carboxylic acids is 1.